The van der Waals surface area contributed by atoms with Gasteiger partial charge in [0.25, 0.3) is 0 Å². The number of urea groups is 1. The highest BCUT2D eigenvalue weighted by Gasteiger charge is 2.28. The lowest BCUT2D eigenvalue weighted by molar-refractivity contribution is -0.132. The molecule has 0 spiro atoms. The molecule has 0 aromatic heterocycles. The summed E-state index contributed by atoms with van der Waals surface area (Å²) in [5.74, 6) is 0.665. The fourth-order valence-electron chi connectivity index (χ4n) is 3.25. The number of ether oxygens (including phenoxy) is 1. The normalized spacial score (nSPS) is 17.5. The first-order valence-electron chi connectivity index (χ1n) is 8.83. The minimum absolute atomic E-state index is 0.0546. The summed E-state index contributed by atoms with van der Waals surface area (Å²) in [5, 5.41) is 2.48. The second-order valence-electron chi connectivity index (χ2n) is 6.38. The van der Waals surface area contributed by atoms with Gasteiger partial charge in [-0.1, -0.05) is 6.07 Å². The second kappa shape index (κ2) is 8.07. The molecule has 0 radical (unpaired) electrons. The molecule has 1 N–H and O–H groups in total. The Bertz CT molecular complexity index is 670. The highest BCUT2D eigenvalue weighted by Crippen LogP contribution is 2.22. The number of methoxy groups -OCH3 is 1. The van der Waals surface area contributed by atoms with Gasteiger partial charge in [0.2, 0.25) is 11.8 Å². The number of carbonyl (C=O) groups is 3. The molecule has 1 aromatic carbocycles. The van der Waals surface area contributed by atoms with Crippen LogP contribution < -0.4 is 15.0 Å². The number of nitrogens with one attached hydrogen (secondary N) is 1. The van der Waals surface area contributed by atoms with Crippen LogP contribution in [0.1, 0.15) is 12.8 Å². The van der Waals surface area contributed by atoms with E-state index in [4.69, 9.17) is 4.74 Å². The zero-order chi connectivity index (χ0) is 18.5. The average Bonchev–Trinajstić information content (AvgIpc) is 3.00. The molecule has 0 saturated carbocycles. The van der Waals surface area contributed by atoms with Crippen molar-refractivity contribution in [1.82, 2.24) is 15.1 Å². The van der Waals surface area contributed by atoms with Crippen LogP contribution in [0.15, 0.2) is 24.3 Å². The predicted octanol–water partition coefficient (Wildman–Crippen LogP) is 0.676. The van der Waals surface area contributed by atoms with Gasteiger partial charge in [-0.2, -0.15) is 0 Å². The zero-order valence-electron chi connectivity index (χ0n) is 14.9. The zero-order valence-corrected chi connectivity index (χ0v) is 14.9. The first-order valence-corrected chi connectivity index (χ1v) is 8.83. The van der Waals surface area contributed by atoms with E-state index in [1.54, 1.807) is 7.11 Å². The van der Waals surface area contributed by atoms with Crippen molar-refractivity contribution in [1.29, 1.82) is 0 Å². The Kier molecular flexibility index (Phi) is 5.60. The average molecular weight is 360 g/mol. The fourth-order valence-corrected chi connectivity index (χ4v) is 3.25. The number of imide groups is 1. The molecular weight excluding hydrogens is 336 g/mol. The van der Waals surface area contributed by atoms with Gasteiger partial charge in [0.15, 0.2) is 0 Å². The van der Waals surface area contributed by atoms with E-state index in [2.05, 4.69) is 10.2 Å². The SMILES string of the molecule is COc1cccc(N2CCN(C(=O)CCCN3C(=O)CNC3=O)CC2)c1. The maximum absolute atomic E-state index is 12.4. The van der Waals surface area contributed by atoms with Crippen molar-refractivity contribution < 1.29 is 19.1 Å². The smallest absolute Gasteiger partial charge is 0.324 e. The fraction of sp³-hybridized carbons (Fsp3) is 0.500. The monoisotopic (exact) mass is 360 g/mol. The molecule has 0 atom stereocenters. The summed E-state index contributed by atoms with van der Waals surface area (Å²) in [7, 11) is 1.65. The van der Waals surface area contributed by atoms with Crippen LogP contribution in [0.4, 0.5) is 10.5 Å². The minimum Gasteiger partial charge on any atom is -0.497 e. The summed E-state index contributed by atoms with van der Waals surface area (Å²) in [6.45, 7) is 3.22. The molecule has 140 valence electrons. The molecule has 0 aliphatic carbocycles. The van der Waals surface area contributed by atoms with Crippen LogP contribution in [0.25, 0.3) is 0 Å². The number of nitrogens with zero attached hydrogens (tertiary/aromatic N) is 3. The number of hydrogen-bond acceptors (Lipinski definition) is 5. The molecule has 4 amide bonds. The van der Waals surface area contributed by atoms with E-state index in [1.807, 2.05) is 29.2 Å². The van der Waals surface area contributed by atoms with Crippen molar-refractivity contribution in [3.63, 3.8) is 0 Å². The van der Waals surface area contributed by atoms with Crippen molar-refractivity contribution in [2.75, 3.05) is 51.3 Å². The van der Waals surface area contributed by atoms with Gasteiger partial charge in [-0.05, 0) is 18.6 Å². The second-order valence-corrected chi connectivity index (χ2v) is 6.38. The van der Waals surface area contributed by atoms with Crippen LogP contribution in [0.5, 0.6) is 5.75 Å². The number of benzene rings is 1. The van der Waals surface area contributed by atoms with Crippen molar-refractivity contribution in [2.24, 2.45) is 0 Å². The van der Waals surface area contributed by atoms with Gasteiger partial charge in [0.1, 0.15) is 5.75 Å². The lowest BCUT2D eigenvalue weighted by atomic mass is 10.2. The van der Waals surface area contributed by atoms with Crippen LogP contribution in [0.3, 0.4) is 0 Å². The van der Waals surface area contributed by atoms with E-state index in [-0.39, 0.29) is 24.4 Å². The maximum atomic E-state index is 12.4. The Morgan fingerprint density at radius 3 is 2.62 bits per heavy atom. The predicted molar refractivity (Wildman–Crippen MR) is 96.1 cm³/mol. The third-order valence-electron chi connectivity index (χ3n) is 4.76. The highest BCUT2D eigenvalue weighted by molar-refractivity contribution is 6.01. The molecule has 0 bridgehead atoms. The molecule has 2 aliphatic heterocycles. The number of anilines is 1. The number of piperazine rings is 1. The molecule has 2 fully saturated rings. The summed E-state index contributed by atoms with van der Waals surface area (Å²) in [6, 6.07) is 7.54. The first-order chi connectivity index (χ1) is 12.6. The molecule has 8 heteroatoms. The number of amides is 4. The van der Waals surface area contributed by atoms with E-state index in [9.17, 15) is 14.4 Å². The van der Waals surface area contributed by atoms with Crippen LogP contribution in [-0.4, -0.2) is 74.0 Å². The third-order valence-corrected chi connectivity index (χ3v) is 4.76. The van der Waals surface area contributed by atoms with Gasteiger partial charge < -0.3 is 19.9 Å². The quantitative estimate of drug-likeness (QED) is 0.755. The molecule has 2 saturated heterocycles. The standard InChI is InChI=1S/C18H24N4O4/c1-26-15-5-2-4-14(12-15)20-8-10-21(11-9-20)16(23)6-3-7-22-17(24)13-19-18(22)25/h2,4-5,12H,3,6-11,13H2,1H3,(H,19,25). The van der Waals surface area contributed by atoms with Crippen LogP contribution in [0.2, 0.25) is 0 Å². The van der Waals surface area contributed by atoms with Gasteiger partial charge in [0, 0.05) is 50.9 Å². The van der Waals surface area contributed by atoms with Gasteiger partial charge >= 0.3 is 6.03 Å². The van der Waals surface area contributed by atoms with Gasteiger partial charge in [-0.15, -0.1) is 0 Å². The summed E-state index contributed by atoms with van der Waals surface area (Å²) in [5.41, 5.74) is 1.09. The lowest BCUT2D eigenvalue weighted by Crippen LogP contribution is -2.48. The summed E-state index contributed by atoms with van der Waals surface area (Å²) >= 11 is 0. The Balaban J connectivity index is 1.43. The van der Waals surface area contributed by atoms with E-state index < -0.39 is 0 Å². The molecule has 2 heterocycles. The first kappa shape index (κ1) is 18.0. The highest BCUT2D eigenvalue weighted by atomic mass is 16.5. The van der Waals surface area contributed by atoms with Crippen molar-refractivity contribution in [3.8, 4) is 5.75 Å². The number of rotatable bonds is 6. The number of hydrogen-bond donors (Lipinski definition) is 1. The molecule has 26 heavy (non-hydrogen) atoms. The minimum atomic E-state index is -0.366. The third kappa shape index (κ3) is 4.07. The van der Waals surface area contributed by atoms with Crippen LogP contribution in [0, 0.1) is 0 Å². The van der Waals surface area contributed by atoms with E-state index >= 15 is 0 Å². The van der Waals surface area contributed by atoms with E-state index in [0.717, 1.165) is 24.5 Å². The van der Waals surface area contributed by atoms with Crippen molar-refractivity contribution in [2.45, 2.75) is 12.8 Å². The summed E-state index contributed by atoms with van der Waals surface area (Å²) in [4.78, 5) is 40.6. The Morgan fingerprint density at radius 1 is 1.19 bits per heavy atom. The Labute approximate surface area is 152 Å². The van der Waals surface area contributed by atoms with Gasteiger partial charge in [-0.25, -0.2) is 4.79 Å². The van der Waals surface area contributed by atoms with Crippen molar-refractivity contribution >= 4 is 23.5 Å². The van der Waals surface area contributed by atoms with Crippen LogP contribution in [-0.2, 0) is 9.59 Å². The van der Waals surface area contributed by atoms with Gasteiger partial charge in [-0.3, -0.25) is 14.5 Å². The molecule has 0 unspecified atom stereocenters. The molecule has 1 aromatic rings. The molecule has 3 rings (SSSR count). The van der Waals surface area contributed by atoms with E-state index in [1.165, 1.54) is 4.90 Å². The van der Waals surface area contributed by atoms with Crippen LogP contribution >= 0.6 is 0 Å². The largest absolute Gasteiger partial charge is 0.497 e. The maximum Gasteiger partial charge on any atom is 0.324 e. The molecule has 2 aliphatic rings. The van der Waals surface area contributed by atoms with Gasteiger partial charge in [0.05, 0.1) is 13.7 Å². The lowest BCUT2D eigenvalue weighted by Gasteiger charge is -2.36. The van der Waals surface area contributed by atoms with E-state index in [0.29, 0.717) is 32.5 Å². The van der Waals surface area contributed by atoms with Crippen molar-refractivity contribution in [3.05, 3.63) is 24.3 Å². The Hall–Kier alpha value is -2.77. The number of carbonyl (C=O) groups excluding carboxylic acids is 3. The topological polar surface area (TPSA) is 82.2 Å². The summed E-state index contributed by atoms with van der Waals surface area (Å²) in [6.07, 6.45) is 0.838. The Morgan fingerprint density at radius 2 is 1.96 bits per heavy atom. The molecule has 8 nitrogen and oxygen atoms in total. The molecular formula is C18H24N4O4. The summed E-state index contributed by atoms with van der Waals surface area (Å²) < 4.78 is 5.26.